The summed E-state index contributed by atoms with van der Waals surface area (Å²) < 4.78 is 10.3. The first-order valence-electron chi connectivity index (χ1n) is 5.24. The van der Waals surface area contributed by atoms with Gasteiger partial charge in [0.1, 0.15) is 0 Å². The van der Waals surface area contributed by atoms with E-state index in [1.807, 2.05) is 0 Å². The Kier molecular flexibility index (Phi) is 3.46. The van der Waals surface area contributed by atoms with Crippen LogP contribution in [-0.4, -0.2) is 28.2 Å². The highest BCUT2D eigenvalue weighted by Gasteiger charge is 2.12. The third-order valence-corrected chi connectivity index (χ3v) is 2.29. The van der Waals surface area contributed by atoms with E-state index in [4.69, 9.17) is 14.6 Å². The van der Waals surface area contributed by atoms with Crippen molar-refractivity contribution in [1.29, 1.82) is 0 Å². The van der Waals surface area contributed by atoms with Crippen LogP contribution in [0.15, 0.2) is 35.4 Å². The molecule has 0 saturated carbocycles. The molecule has 1 heterocycles. The van der Waals surface area contributed by atoms with Crippen molar-refractivity contribution in [2.24, 2.45) is 0 Å². The van der Waals surface area contributed by atoms with Gasteiger partial charge in [0.15, 0.2) is 11.5 Å². The summed E-state index contributed by atoms with van der Waals surface area (Å²) in [6, 6.07) is 4.04. The van der Waals surface area contributed by atoms with Gasteiger partial charge in [-0.05, 0) is 18.2 Å². The zero-order chi connectivity index (χ0) is 13.8. The summed E-state index contributed by atoms with van der Waals surface area (Å²) in [4.78, 5) is 28.4. The molecule has 0 fully saturated rings. The molecule has 0 saturated heterocycles. The minimum Gasteiger partial charge on any atom is -0.493 e. The van der Waals surface area contributed by atoms with E-state index < -0.39 is 11.5 Å². The summed E-state index contributed by atoms with van der Waals surface area (Å²) in [6.45, 7) is 0. The molecular weight excluding hydrogens is 252 g/mol. The van der Waals surface area contributed by atoms with Gasteiger partial charge in [-0.25, -0.2) is 9.78 Å². The van der Waals surface area contributed by atoms with Crippen LogP contribution in [0.2, 0.25) is 0 Å². The molecular formula is C12H10N2O5. The lowest BCUT2D eigenvalue weighted by atomic mass is 10.2. The number of nitrogens with one attached hydrogen (secondary N) is 1. The van der Waals surface area contributed by atoms with Crippen molar-refractivity contribution in [3.63, 3.8) is 0 Å². The maximum Gasteiger partial charge on any atom is 0.335 e. The van der Waals surface area contributed by atoms with Crippen LogP contribution in [0.1, 0.15) is 10.4 Å². The molecule has 1 aromatic carbocycles. The van der Waals surface area contributed by atoms with Crippen LogP contribution >= 0.6 is 0 Å². The molecule has 2 aromatic rings. The molecule has 7 heteroatoms. The van der Waals surface area contributed by atoms with Gasteiger partial charge in [-0.2, -0.15) is 0 Å². The van der Waals surface area contributed by atoms with Crippen molar-refractivity contribution in [3.05, 3.63) is 46.5 Å². The molecule has 1 aromatic heterocycles. The number of aromatic amines is 1. The van der Waals surface area contributed by atoms with Crippen LogP contribution in [0.4, 0.5) is 0 Å². The van der Waals surface area contributed by atoms with Crippen LogP contribution in [-0.2, 0) is 0 Å². The van der Waals surface area contributed by atoms with Gasteiger partial charge >= 0.3 is 11.5 Å². The summed E-state index contributed by atoms with van der Waals surface area (Å²) >= 11 is 0. The Labute approximate surface area is 107 Å². The topological polar surface area (TPSA) is 102 Å². The largest absolute Gasteiger partial charge is 0.493 e. The summed E-state index contributed by atoms with van der Waals surface area (Å²) in [5.74, 6) is -0.828. The number of hydrogen-bond acceptors (Lipinski definition) is 5. The van der Waals surface area contributed by atoms with Gasteiger partial charge in [0.05, 0.1) is 12.7 Å². The van der Waals surface area contributed by atoms with E-state index in [1.54, 1.807) is 0 Å². The Morgan fingerprint density at radius 2 is 2.16 bits per heavy atom. The fourth-order valence-electron chi connectivity index (χ4n) is 1.40. The number of hydrogen-bond donors (Lipinski definition) is 2. The lowest BCUT2D eigenvalue weighted by molar-refractivity contribution is 0.0696. The maximum atomic E-state index is 11.4. The molecule has 0 bridgehead atoms. The van der Waals surface area contributed by atoms with Gasteiger partial charge in [-0.15, -0.1) is 0 Å². The SMILES string of the molecule is COc1cc(C(=O)O)ccc1Oc1ncc[nH]c1=O. The number of carboxylic acids is 1. The van der Waals surface area contributed by atoms with E-state index in [0.29, 0.717) is 0 Å². The van der Waals surface area contributed by atoms with Gasteiger partial charge in [0, 0.05) is 12.4 Å². The highest BCUT2D eigenvalue weighted by Crippen LogP contribution is 2.30. The predicted octanol–water partition coefficient (Wildman–Crippen LogP) is 1.27. The van der Waals surface area contributed by atoms with E-state index in [1.165, 1.54) is 37.7 Å². The molecule has 0 aliphatic carbocycles. The minimum atomic E-state index is -1.08. The number of H-pyrrole nitrogens is 1. The van der Waals surface area contributed by atoms with Crippen LogP contribution < -0.4 is 15.0 Å². The van der Waals surface area contributed by atoms with E-state index in [9.17, 15) is 9.59 Å². The molecule has 0 amide bonds. The summed E-state index contributed by atoms with van der Waals surface area (Å²) in [5.41, 5.74) is -0.439. The lowest BCUT2D eigenvalue weighted by Gasteiger charge is -2.09. The molecule has 2 rings (SSSR count). The highest BCUT2D eigenvalue weighted by atomic mass is 16.5. The zero-order valence-electron chi connectivity index (χ0n) is 9.91. The molecule has 19 heavy (non-hydrogen) atoms. The Balaban J connectivity index is 2.38. The number of nitrogens with zero attached hydrogens (tertiary/aromatic N) is 1. The third-order valence-electron chi connectivity index (χ3n) is 2.29. The van der Waals surface area contributed by atoms with Crippen molar-refractivity contribution in [2.75, 3.05) is 7.11 Å². The molecule has 98 valence electrons. The molecule has 0 aliphatic rings. The van der Waals surface area contributed by atoms with Crippen LogP contribution in [0.5, 0.6) is 17.4 Å². The first-order valence-corrected chi connectivity index (χ1v) is 5.24. The predicted molar refractivity (Wildman–Crippen MR) is 64.9 cm³/mol. The minimum absolute atomic E-state index is 0.0548. The van der Waals surface area contributed by atoms with Crippen molar-refractivity contribution >= 4 is 5.97 Å². The van der Waals surface area contributed by atoms with Crippen LogP contribution in [0.25, 0.3) is 0 Å². The van der Waals surface area contributed by atoms with Crippen LogP contribution in [0.3, 0.4) is 0 Å². The summed E-state index contributed by atoms with van der Waals surface area (Å²) in [5, 5.41) is 8.87. The molecule has 2 N–H and O–H groups in total. The van der Waals surface area contributed by atoms with Gasteiger partial charge in [-0.1, -0.05) is 0 Å². The Morgan fingerprint density at radius 1 is 1.37 bits per heavy atom. The second-order valence-electron chi connectivity index (χ2n) is 3.50. The first-order chi connectivity index (χ1) is 9.11. The molecule has 0 atom stereocenters. The van der Waals surface area contributed by atoms with Crippen LogP contribution in [0, 0.1) is 0 Å². The average molecular weight is 262 g/mol. The number of rotatable bonds is 4. The lowest BCUT2D eigenvalue weighted by Crippen LogP contribution is -2.09. The number of ether oxygens (including phenoxy) is 2. The number of carboxylic acid groups (broad SMARTS) is 1. The van der Waals surface area contributed by atoms with E-state index in [0.717, 1.165) is 0 Å². The van der Waals surface area contributed by atoms with Crippen molar-refractivity contribution < 1.29 is 19.4 Å². The number of benzene rings is 1. The number of carbonyl (C=O) groups is 1. The highest BCUT2D eigenvalue weighted by molar-refractivity contribution is 5.88. The quantitative estimate of drug-likeness (QED) is 0.860. The second-order valence-corrected chi connectivity index (χ2v) is 3.50. The first kappa shape index (κ1) is 12.6. The smallest absolute Gasteiger partial charge is 0.335 e. The molecule has 7 nitrogen and oxygen atoms in total. The maximum absolute atomic E-state index is 11.4. The molecule has 0 unspecified atom stereocenters. The number of aromatic nitrogens is 2. The monoisotopic (exact) mass is 262 g/mol. The van der Waals surface area contributed by atoms with Gasteiger partial charge in [0.25, 0.3) is 5.88 Å². The van der Waals surface area contributed by atoms with Crippen molar-refractivity contribution in [2.45, 2.75) is 0 Å². The Morgan fingerprint density at radius 3 is 2.79 bits per heavy atom. The Bertz CT molecular complexity index is 665. The van der Waals surface area contributed by atoms with Gasteiger partial charge in [-0.3, -0.25) is 4.79 Å². The van der Waals surface area contributed by atoms with Gasteiger partial charge < -0.3 is 19.6 Å². The zero-order valence-corrected chi connectivity index (χ0v) is 9.91. The van der Waals surface area contributed by atoms with E-state index >= 15 is 0 Å². The Hall–Kier alpha value is -2.83. The fraction of sp³-hybridized carbons (Fsp3) is 0.0833. The van der Waals surface area contributed by atoms with Crippen molar-refractivity contribution in [1.82, 2.24) is 9.97 Å². The second kappa shape index (κ2) is 5.21. The standard InChI is InChI=1S/C12H10N2O5/c1-18-9-6-7(12(16)17)2-3-8(9)19-11-10(15)13-4-5-14-11/h2-6H,1H3,(H,13,15)(H,16,17). The molecule has 0 aliphatic heterocycles. The normalized spacial score (nSPS) is 9.95. The average Bonchev–Trinajstić information content (AvgIpc) is 2.41. The molecule has 0 radical (unpaired) electrons. The number of methoxy groups -OCH3 is 1. The fourth-order valence-corrected chi connectivity index (χ4v) is 1.40. The summed E-state index contributed by atoms with van der Waals surface area (Å²) in [7, 11) is 1.37. The van der Waals surface area contributed by atoms with E-state index in [-0.39, 0.29) is 22.9 Å². The third kappa shape index (κ3) is 2.71. The summed E-state index contributed by atoms with van der Waals surface area (Å²) in [6.07, 6.45) is 2.74. The number of aromatic carboxylic acids is 1. The van der Waals surface area contributed by atoms with Gasteiger partial charge in [0.2, 0.25) is 0 Å². The molecule has 0 spiro atoms. The van der Waals surface area contributed by atoms with Crippen molar-refractivity contribution in [3.8, 4) is 17.4 Å². The van der Waals surface area contributed by atoms with E-state index in [2.05, 4.69) is 9.97 Å².